The molecule has 3 nitrogen and oxygen atoms in total. The summed E-state index contributed by atoms with van der Waals surface area (Å²) in [7, 11) is 0. The molecule has 106 valence electrons. The summed E-state index contributed by atoms with van der Waals surface area (Å²) < 4.78 is 0. The third kappa shape index (κ3) is 3.14. The molecule has 2 N–H and O–H groups in total. The van der Waals surface area contributed by atoms with Gasteiger partial charge < -0.3 is 5.32 Å². The molecule has 0 saturated carbocycles. The largest absolute Gasteiger partial charge is 0.378 e. The fourth-order valence-electron chi connectivity index (χ4n) is 2.47. The van der Waals surface area contributed by atoms with Gasteiger partial charge in [0.15, 0.2) is 0 Å². The van der Waals surface area contributed by atoms with Crippen molar-refractivity contribution in [3.63, 3.8) is 0 Å². The lowest BCUT2D eigenvalue weighted by molar-refractivity contribution is 0.749. The summed E-state index contributed by atoms with van der Waals surface area (Å²) in [4.78, 5) is 0. The number of aromatic amines is 1. The second kappa shape index (κ2) is 6.27. The number of hydrogen-bond donors (Lipinski definition) is 2. The first-order valence-corrected chi connectivity index (χ1v) is 7.28. The van der Waals surface area contributed by atoms with Crippen LogP contribution in [0.4, 0.5) is 5.69 Å². The quantitative estimate of drug-likeness (QED) is 0.713. The first kappa shape index (κ1) is 13.4. The van der Waals surface area contributed by atoms with Gasteiger partial charge in [0.2, 0.25) is 0 Å². The number of nitrogens with zero attached hydrogens (tertiary/aromatic N) is 1. The minimum atomic E-state index is 0.337. The van der Waals surface area contributed by atoms with Gasteiger partial charge in [0.1, 0.15) is 0 Å². The molecular weight excluding hydrogens is 258 g/mol. The average Bonchev–Trinajstić information content (AvgIpc) is 3.08. The maximum Gasteiger partial charge on any atom is 0.0650 e. The van der Waals surface area contributed by atoms with Crippen LogP contribution in [0.1, 0.15) is 24.9 Å². The Labute approximate surface area is 125 Å². The van der Waals surface area contributed by atoms with Gasteiger partial charge in [0.05, 0.1) is 11.7 Å². The molecule has 0 saturated heterocycles. The molecule has 0 fully saturated rings. The molecule has 1 heterocycles. The number of anilines is 1. The molecule has 0 radical (unpaired) electrons. The predicted molar refractivity (Wildman–Crippen MR) is 87.1 cm³/mol. The minimum absolute atomic E-state index is 0.337. The lowest BCUT2D eigenvalue weighted by atomic mass is 10.0. The molecule has 1 atom stereocenters. The molecule has 3 aromatic rings. The molecule has 2 aromatic carbocycles. The average molecular weight is 277 g/mol. The van der Waals surface area contributed by atoms with E-state index < -0.39 is 0 Å². The van der Waals surface area contributed by atoms with Crippen LogP contribution in [0.5, 0.6) is 0 Å². The van der Waals surface area contributed by atoms with Crippen LogP contribution in [0.2, 0.25) is 0 Å². The topological polar surface area (TPSA) is 40.7 Å². The van der Waals surface area contributed by atoms with E-state index in [2.05, 4.69) is 77.0 Å². The number of hydrogen-bond acceptors (Lipinski definition) is 2. The van der Waals surface area contributed by atoms with E-state index in [4.69, 9.17) is 0 Å². The van der Waals surface area contributed by atoms with Crippen molar-refractivity contribution in [3.05, 3.63) is 72.4 Å². The van der Waals surface area contributed by atoms with Gasteiger partial charge in [-0.2, -0.15) is 5.10 Å². The number of nitrogens with one attached hydrogen (secondary N) is 2. The zero-order chi connectivity index (χ0) is 14.5. The van der Waals surface area contributed by atoms with Crippen LogP contribution >= 0.6 is 0 Å². The van der Waals surface area contributed by atoms with Gasteiger partial charge in [-0.3, -0.25) is 5.10 Å². The van der Waals surface area contributed by atoms with E-state index in [1.54, 1.807) is 6.20 Å². The van der Waals surface area contributed by atoms with Gasteiger partial charge in [-0.05, 0) is 35.7 Å². The highest BCUT2D eigenvalue weighted by molar-refractivity contribution is 5.62. The normalized spacial score (nSPS) is 12.0. The Bertz CT molecular complexity index is 657. The van der Waals surface area contributed by atoms with Gasteiger partial charge in [0, 0.05) is 11.9 Å². The summed E-state index contributed by atoms with van der Waals surface area (Å²) in [6.45, 7) is 2.20. The molecule has 3 heteroatoms. The second-order valence-electron chi connectivity index (χ2n) is 5.06. The second-order valence-corrected chi connectivity index (χ2v) is 5.06. The van der Waals surface area contributed by atoms with Gasteiger partial charge >= 0.3 is 0 Å². The van der Waals surface area contributed by atoms with Crippen LogP contribution in [0, 0.1) is 0 Å². The highest BCUT2D eigenvalue weighted by atomic mass is 15.1. The van der Waals surface area contributed by atoms with E-state index in [1.807, 2.05) is 6.07 Å². The van der Waals surface area contributed by atoms with Crippen LogP contribution in [-0.4, -0.2) is 10.2 Å². The zero-order valence-electron chi connectivity index (χ0n) is 12.1. The van der Waals surface area contributed by atoms with Crippen molar-refractivity contribution in [1.82, 2.24) is 10.2 Å². The van der Waals surface area contributed by atoms with Gasteiger partial charge in [-0.1, -0.05) is 49.4 Å². The maximum absolute atomic E-state index is 3.98. The van der Waals surface area contributed by atoms with Crippen LogP contribution in [0.25, 0.3) is 11.3 Å². The fraction of sp³-hybridized carbons (Fsp3) is 0.167. The van der Waals surface area contributed by atoms with Crippen LogP contribution < -0.4 is 5.32 Å². The van der Waals surface area contributed by atoms with Crippen molar-refractivity contribution in [2.24, 2.45) is 0 Å². The van der Waals surface area contributed by atoms with Gasteiger partial charge in [-0.15, -0.1) is 0 Å². The highest BCUT2D eigenvalue weighted by Gasteiger charge is 2.08. The lowest BCUT2D eigenvalue weighted by Gasteiger charge is -2.19. The number of benzene rings is 2. The Kier molecular flexibility index (Phi) is 4.01. The first-order valence-electron chi connectivity index (χ1n) is 7.28. The summed E-state index contributed by atoms with van der Waals surface area (Å²) in [5.74, 6) is 0. The van der Waals surface area contributed by atoms with E-state index in [9.17, 15) is 0 Å². The van der Waals surface area contributed by atoms with Crippen LogP contribution in [0.3, 0.4) is 0 Å². The summed E-state index contributed by atoms with van der Waals surface area (Å²) in [6.07, 6.45) is 2.82. The number of rotatable bonds is 5. The fourth-order valence-corrected chi connectivity index (χ4v) is 2.47. The Morgan fingerprint density at radius 2 is 1.76 bits per heavy atom. The van der Waals surface area contributed by atoms with Crippen LogP contribution in [0.15, 0.2) is 66.9 Å². The van der Waals surface area contributed by atoms with Crippen molar-refractivity contribution in [3.8, 4) is 11.3 Å². The van der Waals surface area contributed by atoms with Crippen molar-refractivity contribution in [2.75, 3.05) is 5.32 Å². The summed E-state index contributed by atoms with van der Waals surface area (Å²) in [5.41, 5.74) is 4.63. The maximum atomic E-state index is 3.98. The molecule has 0 spiro atoms. The first-order chi connectivity index (χ1) is 10.4. The molecule has 0 bridgehead atoms. The van der Waals surface area contributed by atoms with Gasteiger partial charge in [0.25, 0.3) is 0 Å². The Balaban J connectivity index is 1.75. The van der Waals surface area contributed by atoms with E-state index in [-0.39, 0.29) is 0 Å². The van der Waals surface area contributed by atoms with Crippen molar-refractivity contribution in [1.29, 1.82) is 0 Å². The molecule has 1 unspecified atom stereocenters. The van der Waals surface area contributed by atoms with E-state index >= 15 is 0 Å². The van der Waals surface area contributed by atoms with Crippen molar-refractivity contribution in [2.45, 2.75) is 19.4 Å². The van der Waals surface area contributed by atoms with E-state index in [1.165, 1.54) is 5.56 Å². The highest BCUT2D eigenvalue weighted by Crippen LogP contribution is 2.24. The monoisotopic (exact) mass is 277 g/mol. The smallest absolute Gasteiger partial charge is 0.0650 e. The van der Waals surface area contributed by atoms with Crippen molar-refractivity contribution < 1.29 is 0 Å². The predicted octanol–water partition coefficient (Wildman–Crippen LogP) is 4.64. The summed E-state index contributed by atoms with van der Waals surface area (Å²) in [6, 6.07) is 21.3. The zero-order valence-corrected chi connectivity index (χ0v) is 12.1. The Hall–Kier alpha value is -2.55. The summed E-state index contributed by atoms with van der Waals surface area (Å²) >= 11 is 0. The third-order valence-corrected chi connectivity index (χ3v) is 3.65. The molecule has 1 aromatic heterocycles. The molecule has 0 aliphatic rings. The molecule has 3 rings (SSSR count). The lowest BCUT2D eigenvalue weighted by Crippen LogP contribution is -2.09. The number of aromatic nitrogens is 2. The van der Waals surface area contributed by atoms with Crippen molar-refractivity contribution >= 4 is 5.69 Å². The SMILES string of the molecule is CCC(Nc1ccc(-c2ccn[nH]2)cc1)c1ccccc1. The molecule has 0 aliphatic carbocycles. The van der Waals surface area contributed by atoms with E-state index in [0.717, 1.165) is 23.4 Å². The molecule has 0 aliphatic heterocycles. The standard InChI is InChI=1S/C18H19N3/c1-2-17(14-6-4-3-5-7-14)20-16-10-8-15(9-11-16)18-12-13-19-21-18/h3-13,17,20H,2H2,1H3,(H,19,21). The van der Waals surface area contributed by atoms with E-state index in [0.29, 0.717) is 6.04 Å². The Morgan fingerprint density at radius 1 is 1.00 bits per heavy atom. The molecular formula is C18H19N3. The summed E-state index contributed by atoms with van der Waals surface area (Å²) in [5, 5.41) is 10.6. The molecule has 21 heavy (non-hydrogen) atoms. The minimum Gasteiger partial charge on any atom is -0.378 e. The molecule has 0 amide bonds. The third-order valence-electron chi connectivity index (χ3n) is 3.65. The van der Waals surface area contributed by atoms with Crippen LogP contribution in [-0.2, 0) is 0 Å². The number of H-pyrrole nitrogens is 1. The van der Waals surface area contributed by atoms with Gasteiger partial charge in [-0.25, -0.2) is 0 Å². The Morgan fingerprint density at radius 3 is 2.38 bits per heavy atom.